The van der Waals surface area contributed by atoms with Crippen LogP contribution in [0, 0.1) is 6.92 Å². The van der Waals surface area contributed by atoms with E-state index in [4.69, 9.17) is 11.6 Å². The lowest BCUT2D eigenvalue weighted by atomic mass is 10.0. The van der Waals surface area contributed by atoms with Crippen molar-refractivity contribution in [1.29, 1.82) is 0 Å². The van der Waals surface area contributed by atoms with Crippen molar-refractivity contribution in [2.45, 2.75) is 25.4 Å². The van der Waals surface area contributed by atoms with Gasteiger partial charge in [0, 0.05) is 18.4 Å². The number of amides is 1. The van der Waals surface area contributed by atoms with Crippen LogP contribution in [0.2, 0.25) is 5.02 Å². The molecule has 0 radical (unpaired) electrons. The zero-order valence-electron chi connectivity index (χ0n) is 12.1. The molecule has 3 rings (SSSR count). The summed E-state index contributed by atoms with van der Waals surface area (Å²) in [4.78, 5) is 16.4. The predicted molar refractivity (Wildman–Crippen MR) is 86.5 cm³/mol. The number of nitrogens with one attached hydrogen (secondary N) is 3. The number of hydrogen-bond donors (Lipinski definition) is 3. The smallest absolute Gasteiger partial charge is 0.242 e. The fourth-order valence-corrected chi connectivity index (χ4v) is 2.75. The highest BCUT2D eigenvalue weighted by Gasteiger charge is 2.30. The first-order valence-corrected chi connectivity index (χ1v) is 7.49. The van der Waals surface area contributed by atoms with Crippen LogP contribution < -0.4 is 16.2 Å². The number of nitrogens with zero attached hydrogens (tertiary/aromatic N) is 1. The summed E-state index contributed by atoms with van der Waals surface area (Å²) >= 11 is 6.15. The third kappa shape index (κ3) is 3.27. The first kappa shape index (κ1) is 15.0. The molecule has 1 aliphatic heterocycles. The van der Waals surface area contributed by atoms with Gasteiger partial charge in [-0.15, -0.1) is 0 Å². The molecule has 1 aliphatic rings. The van der Waals surface area contributed by atoms with E-state index in [1.165, 1.54) is 0 Å². The van der Waals surface area contributed by atoms with Gasteiger partial charge < -0.3 is 5.32 Å². The van der Waals surface area contributed by atoms with Crippen molar-refractivity contribution >= 4 is 23.2 Å². The summed E-state index contributed by atoms with van der Waals surface area (Å²) in [7, 11) is 0. The Morgan fingerprint density at radius 2 is 2.23 bits per heavy atom. The monoisotopic (exact) mass is 316 g/mol. The SMILES string of the molecule is Cc1ccc(NC(=O)C2CC(c3cccnc3)NN2)c(Cl)c1. The molecule has 0 saturated carbocycles. The molecule has 22 heavy (non-hydrogen) atoms. The number of carbonyl (C=O) groups excluding carboxylic acids is 1. The predicted octanol–water partition coefficient (Wildman–Crippen LogP) is 2.59. The topological polar surface area (TPSA) is 66.0 Å². The van der Waals surface area contributed by atoms with Gasteiger partial charge in [0.15, 0.2) is 0 Å². The van der Waals surface area contributed by atoms with Gasteiger partial charge in [-0.05, 0) is 42.7 Å². The third-order valence-corrected chi connectivity index (χ3v) is 4.00. The zero-order chi connectivity index (χ0) is 15.5. The van der Waals surface area contributed by atoms with E-state index in [9.17, 15) is 4.79 Å². The van der Waals surface area contributed by atoms with E-state index < -0.39 is 0 Å². The van der Waals surface area contributed by atoms with Gasteiger partial charge in [-0.3, -0.25) is 9.78 Å². The maximum absolute atomic E-state index is 12.3. The summed E-state index contributed by atoms with van der Waals surface area (Å²) in [5.41, 5.74) is 8.89. The quantitative estimate of drug-likeness (QED) is 0.814. The molecule has 1 aromatic carbocycles. The maximum Gasteiger partial charge on any atom is 0.242 e. The number of halogens is 1. The Hall–Kier alpha value is -1.95. The molecular weight excluding hydrogens is 300 g/mol. The normalized spacial score (nSPS) is 20.8. The Bertz CT molecular complexity index is 677. The minimum absolute atomic E-state index is 0.0675. The highest BCUT2D eigenvalue weighted by Crippen LogP contribution is 2.25. The Balaban J connectivity index is 1.64. The molecule has 1 amide bonds. The fraction of sp³-hybridized carbons (Fsp3) is 0.250. The van der Waals surface area contributed by atoms with Crippen LogP contribution in [-0.2, 0) is 4.79 Å². The lowest BCUT2D eigenvalue weighted by molar-refractivity contribution is -0.117. The summed E-state index contributed by atoms with van der Waals surface area (Å²) in [6, 6.07) is 9.19. The average molecular weight is 317 g/mol. The minimum Gasteiger partial charge on any atom is -0.323 e. The molecule has 114 valence electrons. The maximum atomic E-state index is 12.3. The lowest BCUT2D eigenvalue weighted by Crippen LogP contribution is -2.39. The van der Waals surface area contributed by atoms with Gasteiger partial charge in [-0.25, -0.2) is 10.9 Å². The van der Waals surface area contributed by atoms with Crippen LogP contribution >= 0.6 is 11.6 Å². The molecule has 2 heterocycles. The molecule has 0 spiro atoms. The largest absolute Gasteiger partial charge is 0.323 e. The molecule has 0 bridgehead atoms. The molecule has 5 nitrogen and oxygen atoms in total. The second-order valence-electron chi connectivity index (χ2n) is 5.39. The number of aromatic nitrogens is 1. The molecule has 2 aromatic rings. The number of hydrogen-bond acceptors (Lipinski definition) is 4. The van der Waals surface area contributed by atoms with Gasteiger partial charge in [-0.1, -0.05) is 23.7 Å². The van der Waals surface area contributed by atoms with Crippen LogP contribution in [0.3, 0.4) is 0 Å². The molecule has 0 aliphatic carbocycles. The van der Waals surface area contributed by atoms with Crippen LogP contribution in [0.4, 0.5) is 5.69 Å². The highest BCUT2D eigenvalue weighted by molar-refractivity contribution is 6.33. The molecule has 2 atom stereocenters. The molecule has 1 fully saturated rings. The number of anilines is 1. The third-order valence-electron chi connectivity index (χ3n) is 3.69. The van der Waals surface area contributed by atoms with Gasteiger partial charge in [0.1, 0.15) is 6.04 Å². The van der Waals surface area contributed by atoms with E-state index >= 15 is 0 Å². The van der Waals surface area contributed by atoms with E-state index in [0.29, 0.717) is 17.1 Å². The van der Waals surface area contributed by atoms with Crippen LogP contribution in [-0.4, -0.2) is 16.9 Å². The lowest BCUT2D eigenvalue weighted by Gasteiger charge is -2.12. The van der Waals surface area contributed by atoms with Crippen LogP contribution in [0.25, 0.3) is 0 Å². The molecule has 2 unspecified atom stereocenters. The first-order chi connectivity index (χ1) is 10.6. The van der Waals surface area contributed by atoms with Crippen LogP contribution in [0.5, 0.6) is 0 Å². The van der Waals surface area contributed by atoms with E-state index in [1.807, 2.05) is 37.3 Å². The second kappa shape index (κ2) is 6.44. The molecule has 3 N–H and O–H groups in total. The van der Waals surface area contributed by atoms with Crippen molar-refractivity contribution < 1.29 is 4.79 Å². The van der Waals surface area contributed by atoms with Crippen LogP contribution in [0.1, 0.15) is 23.6 Å². The standard InChI is InChI=1S/C16H17ClN4O/c1-10-4-5-13(12(17)7-10)19-16(22)15-8-14(20-21-15)11-3-2-6-18-9-11/h2-7,9,14-15,20-21H,8H2,1H3,(H,19,22). The van der Waals surface area contributed by atoms with Gasteiger partial charge in [0.05, 0.1) is 10.7 Å². The Kier molecular flexibility index (Phi) is 4.38. The Morgan fingerprint density at radius 1 is 1.36 bits per heavy atom. The van der Waals surface area contributed by atoms with Gasteiger partial charge in [0.2, 0.25) is 5.91 Å². The van der Waals surface area contributed by atoms with Crippen LogP contribution in [0.15, 0.2) is 42.7 Å². The second-order valence-corrected chi connectivity index (χ2v) is 5.80. The van der Waals surface area contributed by atoms with Gasteiger partial charge in [-0.2, -0.15) is 0 Å². The summed E-state index contributed by atoms with van der Waals surface area (Å²) in [5.74, 6) is -0.107. The van der Waals surface area contributed by atoms with Crippen molar-refractivity contribution in [3.8, 4) is 0 Å². The van der Waals surface area contributed by atoms with Gasteiger partial charge >= 0.3 is 0 Å². The number of hydrazine groups is 1. The Labute approximate surface area is 134 Å². The fourth-order valence-electron chi connectivity index (χ4n) is 2.47. The summed E-state index contributed by atoms with van der Waals surface area (Å²) in [5, 5.41) is 3.41. The van der Waals surface area contributed by atoms with E-state index in [2.05, 4.69) is 21.2 Å². The molecular formula is C16H17ClN4O. The zero-order valence-corrected chi connectivity index (χ0v) is 12.9. The van der Waals surface area contributed by atoms with Crippen molar-refractivity contribution in [3.63, 3.8) is 0 Å². The summed E-state index contributed by atoms with van der Waals surface area (Å²) in [6.45, 7) is 1.96. The first-order valence-electron chi connectivity index (χ1n) is 7.11. The number of pyridine rings is 1. The number of benzene rings is 1. The number of carbonyl (C=O) groups is 1. The van der Waals surface area contributed by atoms with E-state index in [1.54, 1.807) is 12.4 Å². The molecule has 1 saturated heterocycles. The molecule has 6 heteroatoms. The van der Waals surface area contributed by atoms with Crippen molar-refractivity contribution in [1.82, 2.24) is 15.8 Å². The number of aryl methyl sites for hydroxylation is 1. The van der Waals surface area contributed by atoms with Crippen molar-refractivity contribution in [2.24, 2.45) is 0 Å². The average Bonchev–Trinajstić information content (AvgIpc) is 3.01. The van der Waals surface area contributed by atoms with Gasteiger partial charge in [0.25, 0.3) is 0 Å². The number of rotatable bonds is 3. The minimum atomic E-state index is -0.317. The van der Waals surface area contributed by atoms with E-state index in [0.717, 1.165) is 11.1 Å². The highest BCUT2D eigenvalue weighted by atomic mass is 35.5. The molecule has 1 aromatic heterocycles. The summed E-state index contributed by atoms with van der Waals surface area (Å²) < 4.78 is 0. The van der Waals surface area contributed by atoms with E-state index in [-0.39, 0.29) is 18.0 Å². The summed E-state index contributed by atoms with van der Waals surface area (Å²) in [6.07, 6.45) is 4.19. The van der Waals surface area contributed by atoms with Crippen molar-refractivity contribution in [3.05, 3.63) is 58.9 Å². The van der Waals surface area contributed by atoms with Crippen molar-refractivity contribution in [2.75, 3.05) is 5.32 Å². The Morgan fingerprint density at radius 3 is 2.95 bits per heavy atom.